The second kappa shape index (κ2) is 6.28. The number of rotatable bonds is 4. The Labute approximate surface area is 133 Å². The van der Waals surface area contributed by atoms with E-state index < -0.39 is 10.0 Å². The summed E-state index contributed by atoms with van der Waals surface area (Å²) in [5.74, 6) is 0.469. The number of piperidine rings is 1. The van der Waals surface area contributed by atoms with Crippen molar-refractivity contribution in [1.82, 2.24) is 14.5 Å². The number of fused-ring (bicyclic) bond motifs is 1. The van der Waals surface area contributed by atoms with Crippen LogP contribution in [0.15, 0.2) is 29.2 Å². The second-order valence-electron chi connectivity index (χ2n) is 6.63. The first kappa shape index (κ1) is 15.9. The predicted molar refractivity (Wildman–Crippen MR) is 87.1 cm³/mol. The quantitative estimate of drug-likeness (QED) is 0.902. The van der Waals surface area contributed by atoms with Gasteiger partial charge >= 0.3 is 0 Å². The summed E-state index contributed by atoms with van der Waals surface area (Å²) in [6.07, 6.45) is 2.09. The lowest BCUT2D eigenvalue weighted by molar-refractivity contribution is 0.217. The molecule has 2 aliphatic heterocycles. The largest absolute Gasteiger partial charge is 0.315 e. The third kappa shape index (κ3) is 3.06. The van der Waals surface area contributed by atoms with E-state index in [-0.39, 0.29) is 6.04 Å². The summed E-state index contributed by atoms with van der Waals surface area (Å²) in [6, 6.07) is 7.46. The molecule has 22 heavy (non-hydrogen) atoms. The van der Waals surface area contributed by atoms with E-state index in [1.165, 1.54) is 0 Å². The number of sulfonamides is 1. The molecule has 2 heterocycles. The molecule has 3 rings (SSSR count). The zero-order valence-corrected chi connectivity index (χ0v) is 14.1. The Kier molecular flexibility index (Phi) is 4.54. The van der Waals surface area contributed by atoms with Crippen LogP contribution in [0.3, 0.4) is 0 Å². The van der Waals surface area contributed by atoms with E-state index in [0.29, 0.717) is 17.4 Å². The van der Waals surface area contributed by atoms with Gasteiger partial charge in [0.25, 0.3) is 0 Å². The highest BCUT2D eigenvalue weighted by Crippen LogP contribution is 2.31. The lowest BCUT2D eigenvalue weighted by Crippen LogP contribution is -2.48. The van der Waals surface area contributed by atoms with Crippen LogP contribution in [-0.2, 0) is 16.6 Å². The van der Waals surface area contributed by atoms with Crippen LogP contribution in [0.2, 0.25) is 0 Å². The number of hydrogen-bond acceptors (Lipinski definition) is 4. The van der Waals surface area contributed by atoms with Crippen molar-refractivity contribution in [2.45, 2.75) is 30.3 Å². The lowest BCUT2D eigenvalue weighted by Gasteiger charge is -2.35. The van der Waals surface area contributed by atoms with Gasteiger partial charge in [-0.1, -0.05) is 12.1 Å². The van der Waals surface area contributed by atoms with E-state index in [1.54, 1.807) is 16.4 Å². The molecule has 0 radical (unpaired) electrons. The third-order valence-corrected chi connectivity index (χ3v) is 6.59. The van der Waals surface area contributed by atoms with Gasteiger partial charge in [0.2, 0.25) is 10.0 Å². The van der Waals surface area contributed by atoms with E-state index >= 15 is 0 Å². The monoisotopic (exact) mass is 323 g/mol. The molecule has 0 aliphatic carbocycles. The van der Waals surface area contributed by atoms with Crippen molar-refractivity contribution in [3.63, 3.8) is 0 Å². The highest BCUT2D eigenvalue weighted by molar-refractivity contribution is 7.89. The number of nitrogens with zero attached hydrogens (tertiary/aromatic N) is 2. The van der Waals surface area contributed by atoms with Crippen LogP contribution in [0.1, 0.15) is 18.4 Å². The maximum Gasteiger partial charge on any atom is 0.243 e. The second-order valence-corrected chi connectivity index (χ2v) is 8.52. The lowest BCUT2D eigenvalue weighted by atomic mass is 9.94. The maximum absolute atomic E-state index is 13.0. The van der Waals surface area contributed by atoms with Crippen LogP contribution in [-0.4, -0.2) is 57.4 Å². The van der Waals surface area contributed by atoms with Crippen LogP contribution < -0.4 is 5.32 Å². The van der Waals surface area contributed by atoms with E-state index in [9.17, 15) is 8.42 Å². The van der Waals surface area contributed by atoms with Gasteiger partial charge in [-0.25, -0.2) is 8.42 Å². The normalized spacial score (nSPS) is 26.3. The summed E-state index contributed by atoms with van der Waals surface area (Å²) in [5.41, 5.74) is 1.13. The standard InChI is InChI=1S/C16H25N3O2S/c1-18(2)12-13-5-7-15(8-6-13)22(20,21)19-9-3-4-14-10-17-11-16(14)19/h5-8,14,16-17H,3-4,9-12H2,1-2H3/t14-,16+/m0/s1. The Morgan fingerprint density at radius 3 is 2.64 bits per heavy atom. The fourth-order valence-electron chi connectivity index (χ4n) is 3.59. The van der Waals surface area contributed by atoms with Crippen molar-refractivity contribution in [2.24, 2.45) is 5.92 Å². The van der Waals surface area contributed by atoms with Gasteiger partial charge in [0, 0.05) is 25.7 Å². The molecule has 1 aromatic carbocycles. The van der Waals surface area contributed by atoms with Crippen molar-refractivity contribution >= 4 is 10.0 Å². The molecule has 0 aromatic heterocycles. The van der Waals surface area contributed by atoms with Crippen LogP contribution in [0.25, 0.3) is 0 Å². The van der Waals surface area contributed by atoms with Crippen molar-refractivity contribution in [3.05, 3.63) is 29.8 Å². The molecule has 2 saturated heterocycles. The maximum atomic E-state index is 13.0. The zero-order chi connectivity index (χ0) is 15.7. The van der Waals surface area contributed by atoms with Gasteiger partial charge in [0.1, 0.15) is 0 Å². The van der Waals surface area contributed by atoms with Crippen molar-refractivity contribution in [1.29, 1.82) is 0 Å². The first-order valence-corrected chi connectivity index (χ1v) is 9.39. The molecule has 122 valence electrons. The molecule has 1 aromatic rings. The van der Waals surface area contributed by atoms with Gasteiger partial charge in [-0.05, 0) is 57.1 Å². The Morgan fingerprint density at radius 2 is 1.95 bits per heavy atom. The molecule has 2 fully saturated rings. The molecular weight excluding hydrogens is 298 g/mol. The summed E-state index contributed by atoms with van der Waals surface area (Å²) in [4.78, 5) is 2.49. The van der Waals surface area contributed by atoms with E-state index in [0.717, 1.165) is 38.0 Å². The Balaban J connectivity index is 1.82. The smallest absolute Gasteiger partial charge is 0.243 e. The number of nitrogens with one attached hydrogen (secondary N) is 1. The van der Waals surface area contributed by atoms with Crippen LogP contribution >= 0.6 is 0 Å². The molecule has 1 N–H and O–H groups in total. The molecule has 0 unspecified atom stereocenters. The summed E-state index contributed by atoms with van der Waals surface area (Å²) >= 11 is 0. The van der Waals surface area contributed by atoms with E-state index in [1.807, 2.05) is 26.2 Å². The molecule has 2 aliphatic rings. The molecule has 0 saturated carbocycles. The van der Waals surface area contributed by atoms with Gasteiger partial charge in [-0.2, -0.15) is 4.31 Å². The summed E-state index contributed by atoms with van der Waals surface area (Å²) in [6.45, 7) is 3.18. The highest BCUT2D eigenvalue weighted by atomic mass is 32.2. The molecular formula is C16H25N3O2S. The zero-order valence-electron chi connectivity index (χ0n) is 13.3. The van der Waals surface area contributed by atoms with Gasteiger partial charge in [0.15, 0.2) is 0 Å². The van der Waals surface area contributed by atoms with Crippen molar-refractivity contribution in [2.75, 3.05) is 33.7 Å². The fraction of sp³-hybridized carbons (Fsp3) is 0.625. The Morgan fingerprint density at radius 1 is 1.23 bits per heavy atom. The molecule has 5 nitrogen and oxygen atoms in total. The first-order chi connectivity index (χ1) is 10.5. The first-order valence-electron chi connectivity index (χ1n) is 7.95. The van der Waals surface area contributed by atoms with E-state index in [4.69, 9.17) is 0 Å². The molecule has 2 atom stereocenters. The minimum atomic E-state index is -3.38. The minimum Gasteiger partial charge on any atom is -0.315 e. The van der Waals surface area contributed by atoms with Crippen LogP contribution in [0.4, 0.5) is 0 Å². The van der Waals surface area contributed by atoms with Gasteiger partial charge in [-0.15, -0.1) is 0 Å². The molecule has 6 heteroatoms. The number of benzene rings is 1. The average molecular weight is 323 g/mol. The molecule has 0 amide bonds. The Hall–Kier alpha value is -0.950. The fourth-order valence-corrected chi connectivity index (χ4v) is 5.32. The third-order valence-electron chi connectivity index (χ3n) is 4.66. The highest BCUT2D eigenvalue weighted by Gasteiger charge is 2.41. The van der Waals surface area contributed by atoms with Crippen LogP contribution in [0.5, 0.6) is 0 Å². The van der Waals surface area contributed by atoms with Gasteiger partial charge in [0.05, 0.1) is 4.90 Å². The van der Waals surface area contributed by atoms with E-state index in [2.05, 4.69) is 10.2 Å². The minimum absolute atomic E-state index is 0.125. The summed E-state index contributed by atoms with van der Waals surface area (Å²) in [5, 5.41) is 3.34. The molecule has 0 bridgehead atoms. The Bertz CT molecular complexity index is 613. The SMILES string of the molecule is CN(C)Cc1ccc(S(=O)(=O)N2CCC[C@H]3CNC[C@H]32)cc1. The van der Waals surface area contributed by atoms with Gasteiger partial charge < -0.3 is 10.2 Å². The van der Waals surface area contributed by atoms with Gasteiger partial charge in [-0.3, -0.25) is 0 Å². The number of hydrogen-bond donors (Lipinski definition) is 1. The summed E-state index contributed by atoms with van der Waals surface area (Å²) < 4.78 is 27.6. The topological polar surface area (TPSA) is 52.7 Å². The average Bonchev–Trinajstić information content (AvgIpc) is 2.95. The van der Waals surface area contributed by atoms with Crippen molar-refractivity contribution in [3.8, 4) is 0 Å². The summed E-state index contributed by atoms with van der Waals surface area (Å²) in [7, 11) is 0.629. The molecule has 0 spiro atoms. The predicted octanol–water partition coefficient (Wildman–Crippen LogP) is 1.12. The van der Waals surface area contributed by atoms with Crippen LogP contribution in [0, 0.1) is 5.92 Å². The van der Waals surface area contributed by atoms with Crippen molar-refractivity contribution < 1.29 is 8.42 Å².